The second-order valence-electron chi connectivity index (χ2n) is 6.08. The van der Waals surface area contributed by atoms with Crippen molar-refractivity contribution in [2.75, 3.05) is 37.7 Å². The van der Waals surface area contributed by atoms with Gasteiger partial charge in [-0.2, -0.15) is 5.10 Å². The molecule has 0 aliphatic carbocycles. The molecule has 1 aliphatic rings. The quantitative estimate of drug-likeness (QED) is 0.591. The maximum Gasteiger partial charge on any atom is 0.191 e. The van der Waals surface area contributed by atoms with E-state index in [9.17, 15) is 0 Å². The summed E-state index contributed by atoms with van der Waals surface area (Å²) in [6, 6.07) is 8.45. The Morgan fingerprint density at radius 1 is 1.23 bits per heavy atom. The normalized spacial score (nSPS) is 15.2. The fourth-order valence-electron chi connectivity index (χ4n) is 2.91. The minimum absolute atomic E-state index is 0.577. The van der Waals surface area contributed by atoms with E-state index in [0.29, 0.717) is 13.1 Å². The van der Waals surface area contributed by atoms with Gasteiger partial charge < -0.3 is 20.3 Å². The van der Waals surface area contributed by atoms with Crippen LogP contribution in [0.5, 0.6) is 0 Å². The molecule has 1 aromatic carbocycles. The van der Waals surface area contributed by atoms with Crippen molar-refractivity contribution in [2.24, 2.45) is 12.0 Å². The molecule has 0 unspecified atom stereocenters. The lowest BCUT2D eigenvalue weighted by molar-refractivity contribution is 0.122. The van der Waals surface area contributed by atoms with Gasteiger partial charge in [0.25, 0.3) is 0 Å². The Morgan fingerprint density at radius 3 is 2.77 bits per heavy atom. The first-order chi connectivity index (χ1) is 12.8. The fraction of sp³-hybridized carbons (Fsp3) is 0.500. The summed E-state index contributed by atoms with van der Waals surface area (Å²) < 4.78 is 7.22. The molecular weight excluding hydrogens is 330 g/mol. The highest BCUT2D eigenvalue weighted by Crippen LogP contribution is 2.22. The third-order valence-corrected chi connectivity index (χ3v) is 4.31. The first-order valence-corrected chi connectivity index (χ1v) is 9.03. The van der Waals surface area contributed by atoms with Gasteiger partial charge >= 0.3 is 0 Å². The maximum absolute atomic E-state index is 5.47. The second-order valence-corrected chi connectivity index (χ2v) is 6.08. The number of para-hydroxylation sites is 1. The Hall–Kier alpha value is -2.61. The molecule has 2 N–H and O–H groups in total. The number of aliphatic imine (C=N–C) groups is 1. The topological polar surface area (TPSA) is 79.6 Å². The molecule has 0 spiro atoms. The molecule has 0 atom stereocenters. The number of morpholine rings is 1. The van der Waals surface area contributed by atoms with Gasteiger partial charge in [0.05, 0.1) is 26.3 Å². The fourth-order valence-corrected chi connectivity index (χ4v) is 2.91. The Kier molecular flexibility index (Phi) is 6.43. The summed E-state index contributed by atoms with van der Waals surface area (Å²) in [4.78, 5) is 11.3. The number of guanidine groups is 1. The molecule has 1 fully saturated rings. The van der Waals surface area contributed by atoms with Crippen LogP contribution in [-0.4, -0.2) is 53.6 Å². The van der Waals surface area contributed by atoms with Crippen LogP contribution in [0.15, 0.2) is 35.6 Å². The molecule has 8 heteroatoms. The molecule has 2 aromatic rings. The zero-order valence-corrected chi connectivity index (χ0v) is 15.5. The van der Waals surface area contributed by atoms with E-state index >= 15 is 0 Å². The van der Waals surface area contributed by atoms with Crippen LogP contribution in [0.1, 0.15) is 18.3 Å². The average Bonchev–Trinajstić information content (AvgIpc) is 3.10. The van der Waals surface area contributed by atoms with Crippen molar-refractivity contribution in [3.8, 4) is 0 Å². The molecule has 3 rings (SSSR count). The standard InChI is InChI=1S/C18H27N7O/c1-3-19-18(21-13-17-22-14-23-24(17)2)20-12-15-6-4-5-7-16(15)25-8-10-26-11-9-25/h4-7,14H,3,8-13H2,1-2H3,(H2,19,20,21). The van der Waals surface area contributed by atoms with Gasteiger partial charge in [0.2, 0.25) is 0 Å². The Balaban J connectivity index is 1.68. The smallest absolute Gasteiger partial charge is 0.191 e. The summed E-state index contributed by atoms with van der Waals surface area (Å²) in [7, 11) is 1.88. The lowest BCUT2D eigenvalue weighted by Gasteiger charge is -2.30. The summed E-state index contributed by atoms with van der Waals surface area (Å²) in [6.07, 6.45) is 1.56. The predicted molar refractivity (Wildman–Crippen MR) is 102 cm³/mol. The molecule has 2 heterocycles. The third kappa shape index (κ3) is 4.72. The van der Waals surface area contributed by atoms with E-state index in [4.69, 9.17) is 9.73 Å². The first kappa shape index (κ1) is 18.2. The molecule has 0 amide bonds. The van der Waals surface area contributed by atoms with Crippen molar-refractivity contribution in [2.45, 2.75) is 20.0 Å². The number of nitrogens with one attached hydrogen (secondary N) is 2. The van der Waals surface area contributed by atoms with E-state index in [1.807, 2.05) is 7.05 Å². The number of rotatable bonds is 6. The van der Waals surface area contributed by atoms with Crippen LogP contribution in [0.4, 0.5) is 5.69 Å². The van der Waals surface area contributed by atoms with Crippen LogP contribution in [0.3, 0.4) is 0 Å². The number of hydrogen-bond donors (Lipinski definition) is 2. The van der Waals surface area contributed by atoms with E-state index in [1.54, 1.807) is 11.0 Å². The summed E-state index contributed by atoms with van der Waals surface area (Å²) in [5.41, 5.74) is 2.45. The van der Waals surface area contributed by atoms with Crippen LogP contribution in [0.2, 0.25) is 0 Å². The van der Waals surface area contributed by atoms with Crippen LogP contribution in [-0.2, 0) is 24.9 Å². The minimum Gasteiger partial charge on any atom is -0.378 e. The van der Waals surface area contributed by atoms with Crippen molar-refractivity contribution in [3.63, 3.8) is 0 Å². The summed E-state index contributed by atoms with van der Waals surface area (Å²) >= 11 is 0. The zero-order chi connectivity index (χ0) is 18.2. The minimum atomic E-state index is 0.577. The average molecular weight is 357 g/mol. The van der Waals surface area contributed by atoms with Gasteiger partial charge in [0.15, 0.2) is 5.96 Å². The SMILES string of the molecule is CCNC(=NCc1ccccc1N1CCOCC1)NCc1ncnn1C. The van der Waals surface area contributed by atoms with Crippen LogP contribution in [0, 0.1) is 0 Å². The Bertz CT molecular complexity index is 722. The maximum atomic E-state index is 5.47. The van der Waals surface area contributed by atoms with E-state index in [2.05, 4.69) is 56.8 Å². The molecule has 1 saturated heterocycles. The monoisotopic (exact) mass is 357 g/mol. The highest BCUT2D eigenvalue weighted by atomic mass is 16.5. The van der Waals surface area contributed by atoms with Crippen LogP contribution < -0.4 is 15.5 Å². The number of aryl methyl sites for hydroxylation is 1. The summed E-state index contributed by atoms with van der Waals surface area (Å²) in [5.74, 6) is 1.64. The molecule has 1 aliphatic heterocycles. The third-order valence-electron chi connectivity index (χ3n) is 4.31. The Morgan fingerprint density at radius 2 is 2.04 bits per heavy atom. The Labute approximate surface area is 154 Å². The van der Waals surface area contributed by atoms with Crippen LogP contribution in [0.25, 0.3) is 0 Å². The van der Waals surface area contributed by atoms with Crippen molar-refractivity contribution < 1.29 is 4.74 Å². The molecule has 1 aromatic heterocycles. The molecule has 26 heavy (non-hydrogen) atoms. The van der Waals surface area contributed by atoms with Gasteiger partial charge in [-0.15, -0.1) is 0 Å². The van der Waals surface area contributed by atoms with Gasteiger partial charge in [-0.1, -0.05) is 18.2 Å². The number of anilines is 1. The van der Waals surface area contributed by atoms with Gasteiger partial charge in [-0.25, -0.2) is 9.98 Å². The van der Waals surface area contributed by atoms with Gasteiger partial charge in [-0.05, 0) is 18.6 Å². The number of aromatic nitrogens is 3. The van der Waals surface area contributed by atoms with Crippen molar-refractivity contribution >= 4 is 11.6 Å². The lowest BCUT2D eigenvalue weighted by Crippen LogP contribution is -2.38. The number of nitrogens with zero attached hydrogens (tertiary/aromatic N) is 5. The van der Waals surface area contributed by atoms with Gasteiger partial charge in [-0.3, -0.25) is 4.68 Å². The highest BCUT2D eigenvalue weighted by molar-refractivity contribution is 5.79. The number of ether oxygens (including phenoxy) is 1. The van der Waals surface area contributed by atoms with Gasteiger partial charge in [0, 0.05) is 32.4 Å². The number of benzene rings is 1. The highest BCUT2D eigenvalue weighted by Gasteiger charge is 2.14. The van der Waals surface area contributed by atoms with E-state index in [-0.39, 0.29) is 0 Å². The molecule has 0 radical (unpaired) electrons. The largest absolute Gasteiger partial charge is 0.378 e. The van der Waals surface area contributed by atoms with Crippen molar-refractivity contribution in [1.82, 2.24) is 25.4 Å². The lowest BCUT2D eigenvalue weighted by atomic mass is 10.1. The van der Waals surface area contributed by atoms with Gasteiger partial charge in [0.1, 0.15) is 12.2 Å². The van der Waals surface area contributed by atoms with Crippen LogP contribution >= 0.6 is 0 Å². The molecular formula is C18H27N7O. The van der Waals surface area contributed by atoms with Crippen molar-refractivity contribution in [1.29, 1.82) is 0 Å². The van der Waals surface area contributed by atoms with E-state index in [0.717, 1.165) is 44.6 Å². The second kappa shape index (κ2) is 9.19. The van der Waals surface area contributed by atoms with E-state index in [1.165, 1.54) is 11.3 Å². The predicted octanol–water partition coefficient (Wildman–Crippen LogP) is 0.907. The zero-order valence-electron chi connectivity index (χ0n) is 15.5. The molecule has 0 saturated carbocycles. The first-order valence-electron chi connectivity index (χ1n) is 9.03. The number of hydrogen-bond acceptors (Lipinski definition) is 5. The molecule has 8 nitrogen and oxygen atoms in total. The van der Waals surface area contributed by atoms with E-state index < -0.39 is 0 Å². The summed E-state index contributed by atoms with van der Waals surface area (Å²) in [6.45, 7) is 7.45. The molecule has 140 valence electrons. The molecule has 0 bridgehead atoms. The van der Waals surface area contributed by atoms with Crippen molar-refractivity contribution in [3.05, 3.63) is 42.0 Å². The summed E-state index contributed by atoms with van der Waals surface area (Å²) in [5, 5.41) is 10.7.